The monoisotopic (exact) mass is 372 g/mol. The van der Waals surface area contributed by atoms with Crippen molar-refractivity contribution in [2.75, 3.05) is 39.8 Å². The van der Waals surface area contributed by atoms with Crippen LogP contribution < -0.4 is 10.6 Å². The van der Waals surface area contributed by atoms with E-state index in [9.17, 15) is 4.79 Å². The van der Waals surface area contributed by atoms with Crippen LogP contribution in [0.25, 0.3) is 0 Å². The normalized spacial score (nSPS) is 23.1. The second-order valence-corrected chi connectivity index (χ2v) is 7.45. The molecule has 1 aromatic rings. The first-order valence-electron chi connectivity index (χ1n) is 10.1. The fourth-order valence-electron chi connectivity index (χ4n) is 3.80. The molecule has 6 nitrogen and oxygen atoms in total. The molecule has 0 bridgehead atoms. The van der Waals surface area contributed by atoms with Crippen LogP contribution >= 0.6 is 0 Å². The molecular weight excluding hydrogens is 340 g/mol. The van der Waals surface area contributed by atoms with Crippen LogP contribution in [0.5, 0.6) is 0 Å². The van der Waals surface area contributed by atoms with Gasteiger partial charge in [0, 0.05) is 52.2 Å². The molecule has 2 heterocycles. The van der Waals surface area contributed by atoms with Gasteiger partial charge in [-0.25, -0.2) is 0 Å². The summed E-state index contributed by atoms with van der Waals surface area (Å²) in [4.78, 5) is 18.6. The number of hydrogen-bond donors (Lipinski definition) is 2. The van der Waals surface area contributed by atoms with E-state index in [-0.39, 0.29) is 5.91 Å². The number of likely N-dealkylation sites (tertiary alicyclic amines) is 1. The van der Waals surface area contributed by atoms with Crippen LogP contribution in [-0.4, -0.2) is 62.7 Å². The first-order valence-corrected chi connectivity index (χ1v) is 10.1. The van der Waals surface area contributed by atoms with Crippen molar-refractivity contribution in [2.45, 2.75) is 38.2 Å². The predicted molar refractivity (Wildman–Crippen MR) is 108 cm³/mol. The van der Waals surface area contributed by atoms with Gasteiger partial charge in [0.15, 0.2) is 5.96 Å². The van der Waals surface area contributed by atoms with Crippen LogP contribution in [0.2, 0.25) is 0 Å². The smallest absolute Gasteiger partial charge is 0.223 e. The zero-order chi connectivity index (χ0) is 18.9. The highest BCUT2D eigenvalue weighted by atomic mass is 16.5. The quantitative estimate of drug-likeness (QED) is 0.540. The lowest BCUT2D eigenvalue weighted by molar-refractivity contribution is -0.127. The van der Waals surface area contributed by atoms with Crippen LogP contribution in [0.3, 0.4) is 0 Å². The van der Waals surface area contributed by atoms with E-state index < -0.39 is 0 Å². The van der Waals surface area contributed by atoms with Gasteiger partial charge in [-0.3, -0.25) is 9.79 Å². The molecule has 6 heteroatoms. The number of amides is 1. The zero-order valence-corrected chi connectivity index (χ0v) is 16.3. The second kappa shape index (κ2) is 10.3. The van der Waals surface area contributed by atoms with Crippen molar-refractivity contribution in [2.24, 2.45) is 10.9 Å². The van der Waals surface area contributed by atoms with Crippen molar-refractivity contribution < 1.29 is 9.53 Å². The zero-order valence-electron chi connectivity index (χ0n) is 16.3. The van der Waals surface area contributed by atoms with Gasteiger partial charge in [-0.1, -0.05) is 30.3 Å². The molecule has 27 heavy (non-hydrogen) atoms. The van der Waals surface area contributed by atoms with Crippen molar-refractivity contribution in [3.8, 4) is 0 Å². The lowest BCUT2D eigenvalue weighted by atomic mass is 10.1. The number of hydrogen-bond acceptors (Lipinski definition) is 3. The highest BCUT2D eigenvalue weighted by Crippen LogP contribution is 2.18. The minimum absolute atomic E-state index is 0.263. The fourth-order valence-corrected chi connectivity index (χ4v) is 3.80. The molecule has 1 amide bonds. The first kappa shape index (κ1) is 19.7. The van der Waals surface area contributed by atoms with E-state index >= 15 is 0 Å². The van der Waals surface area contributed by atoms with Crippen molar-refractivity contribution in [3.63, 3.8) is 0 Å². The molecule has 2 aliphatic heterocycles. The number of carbonyl (C=O) groups is 1. The maximum Gasteiger partial charge on any atom is 0.223 e. The Morgan fingerprint density at radius 2 is 2.15 bits per heavy atom. The molecule has 0 aliphatic carbocycles. The molecule has 2 unspecified atom stereocenters. The molecule has 2 atom stereocenters. The largest absolute Gasteiger partial charge is 0.378 e. The third kappa shape index (κ3) is 6.24. The topological polar surface area (TPSA) is 66.0 Å². The van der Waals surface area contributed by atoms with Gasteiger partial charge >= 0.3 is 0 Å². The molecule has 0 radical (unpaired) electrons. The molecule has 2 aliphatic rings. The summed E-state index contributed by atoms with van der Waals surface area (Å²) in [7, 11) is 1.79. The summed E-state index contributed by atoms with van der Waals surface area (Å²) < 4.78 is 5.64. The number of nitrogens with one attached hydrogen (secondary N) is 2. The van der Waals surface area contributed by atoms with Gasteiger partial charge in [0.25, 0.3) is 0 Å². The molecule has 2 N–H and O–H groups in total. The van der Waals surface area contributed by atoms with E-state index in [1.165, 1.54) is 12.0 Å². The Balaban J connectivity index is 1.34. The third-order valence-corrected chi connectivity index (χ3v) is 5.37. The number of carbonyl (C=O) groups excluding carboxylic acids is 1. The summed E-state index contributed by atoms with van der Waals surface area (Å²) in [6.45, 7) is 4.15. The minimum atomic E-state index is 0.263. The van der Waals surface area contributed by atoms with Gasteiger partial charge in [-0.15, -0.1) is 0 Å². The third-order valence-electron chi connectivity index (χ3n) is 5.37. The van der Waals surface area contributed by atoms with Gasteiger partial charge in [0.05, 0.1) is 6.10 Å². The number of aliphatic imine (C=N–C) groups is 1. The molecule has 2 saturated heterocycles. The van der Waals surface area contributed by atoms with Crippen molar-refractivity contribution in [1.29, 1.82) is 0 Å². The summed E-state index contributed by atoms with van der Waals surface area (Å²) in [6, 6.07) is 10.3. The van der Waals surface area contributed by atoms with Gasteiger partial charge in [0.2, 0.25) is 5.91 Å². The highest BCUT2D eigenvalue weighted by molar-refractivity contribution is 5.80. The Labute approximate surface area is 162 Å². The van der Waals surface area contributed by atoms with Crippen LogP contribution in [0.15, 0.2) is 35.3 Å². The molecule has 2 fully saturated rings. The Hall–Kier alpha value is -2.08. The molecule has 3 rings (SSSR count). The maximum atomic E-state index is 12.3. The van der Waals surface area contributed by atoms with E-state index in [0.29, 0.717) is 18.4 Å². The van der Waals surface area contributed by atoms with Crippen LogP contribution in [0, 0.1) is 5.92 Å². The van der Waals surface area contributed by atoms with E-state index in [1.807, 2.05) is 23.1 Å². The number of benzene rings is 1. The molecule has 1 aromatic carbocycles. The summed E-state index contributed by atoms with van der Waals surface area (Å²) in [5.41, 5.74) is 1.28. The summed E-state index contributed by atoms with van der Waals surface area (Å²) >= 11 is 0. The van der Waals surface area contributed by atoms with Gasteiger partial charge in [-0.05, 0) is 31.2 Å². The van der Waals surface area contributed by atoms with E-state index in [0.717, 1.165) is 58.0 Å². The molecule has 0 spiro atoms. The first-order chi connectivity index (χ1) is 13.2. The van der Waals surface area contributed by atoms with E-state index in [1.54, 1.807) is 7.05 Å². The average Bonchev–Trinajstić information content (AvgIpc) is 3.33. The Morgan fingerprint density at radius 3 is 2.89 bits per heavy atom. The van der Waals surface area contributed by atoms with Crippen molar-refractivity contribution >= 4 is 11.9 Å². The summed E-state index contributed by atoms with van der Waals surface area (Å²) in [5, 5.41) is 6.72. The van der Waals surface area contributed by atoms with E-state index in [4.69, 9.17) is 4.74 Å². The number of guanidine groups is 1. The fraction of sp³-hybridized carbons (Fsp3) is 0.619. The Kier molecular flexibility index (Phi) is 7.51. The molecule has 0 aromatic heterocycles. The van der Waals surface area contributed by atoms with Crippen molar-refractivity contribution in [1.82, 2.24) is 15.5 Å². The van der Waals surface area contributed by atoms with E-state index in [2.05, 4.69) is 27.8 Å². The maximum absolute atomic E-state index is 12.3. The molecular formula is C21H32N4O2. The number of ether oxygens (including phenoxy) is 1. The Morgan fingerprint density at radius 1 is 1.30 bits per heavy atom. The van der Waals surface area contributed by atoms with Crippen LogP contribution in [0.1, 0.15) is 31.2 Å². The molecule has 0 saturated carbocycles. The molecule has 148 valence electrons. The summed E-state index contributed by atoms with van der Waals surface area (Å²) in [5.74, 6) is 1.41. The lowest BCUT2D eigenvalue weighted by Gasteiger charge is -2.18. The predicted octanol–water partition coefficient (Wildman–Crippen LogP) is 1.81. The van der Waals surface area contributed by atoms with Crippen molar-refractivity contribution in [3.05, 3.63) is 35.9 Å². The van der Waals surface area contributed by atoms with Gasteiger partial charge in [0.1, 0.15) is 0 Å². The number of rotatable bonds is 8. The minimum Gasteiger partial charge on any atom is -0.378 e. The van der Waals surface area contributed by atoms with Crippen LogP contribution in [-0.2, 0) is 16.0 Å². The summed E-state index contributed by atoms with van der Waals surface area (Å²) in [6.07, 6.45) is 5.27. The van der Waals surface area contributed by atoms with Gasteiger partial charge < -0.3 is 20.3 Å². The SMILES string of the molecule is CN=C(NCCC1CCCO1)NCC1CC(=O)N(CCc2ccccc2)C1. The standard InChI is InChI=1S/C21H32N4O2/c1-22-21(23-11-9-19-8-5-13-27-19)24-15-18-14-20(26)25(16-18)12-10-17-6-3-2-4-7-17/h2-4,6-7,18-19H,5,8-16H2,1H3,(H2,22,23,24). The average molecular weight is 373 g/mol. The van der Waals surface area contributed by atoms with Crippen LogP contribution in [0.4, 0.5) is 0 Å². The van der Waals surface area contributed by atoms with Gasteiger partial charge in [-0.2, -0.15) is 0 Å². The highest BCUT2D eigenvalue weighted by Gasteiger charge is 2.29. The second-order valence-electron chi connectivity index (χ2n) is 7.45. The number of nitrogens with zero attached hydrogens (tertiary/aromatic N) is 2. The lowest BCUT2D eigenvalue weighted by Crippen LogP contribution is -2.41. The Bertz CT molecular complexity index is 614.